The van der Waals surface area contributed by atoms with Gasteiger partial charge in [0, 0.05) is 6.20 Å². The van der Waals surface area contributed by atoms with E-state index in [9.17, 15) is 18.3 Å². The molecule has 0 unspecified atom stereocenters. The summed E-state index contributed by atoms with van der Waals surface area (Å²) in [5, 5.41) is 10.9. The highest BCUT2D eigenvalue weighted by Gasteiger charge is 2.30. The van der Waals surface area contributed by atoms with Crippen molar-refractivity contribution in [1.29, 1.82) is 0 Å². The molecule has 0 radical (unpaired) electrons. The fraction of sp³-hybridized carbons (Fsp3) is 0.333. The van der Waals surface area contributed by atoms with Crippen LogP contribution in [0.15, 0.2) is 42.9 Å². The highest BCUT2D eigenvalue weighted by Crippen LogP contribution is 2.30. The number of rotatable bonds is 5. The largest absolute Gasteiger partial charge is 0.416 e. The van der Waals surface area contributed by atoms with Gasteiger partial charge in [0.05, 0.1) is 23.1 Å². The van der Waals surface area contributed by atoms with Crippen LogP contribution < -0.4 is 5.73 Å². The lowest BCUT2D eigenvalue weighted by atomic mass is 10.0. The van der Waals surface area contributed by atoms with E-state index in [4.69, 9.17) is 5.73 Å². The zero-order valence-electron chi connectivity index (χ0n) is 14.1. The van der Waals surface area contributed by atoms with Crippen LogP contribution in [0.4, 0.5) is 19.0 Å². The van der Waals surface area contributed by atoms with Gasteiger partial charge in [0.15, 0.2) is 0 Å². The summed E-state index contributed by atoms with van der Waals surface area (Å²) in [5.74, 6) is 0.362. The van der Waals surface area contributed by atoms with Crippen molar-refractivity contribution < 1.29 is 18.3 Å². The molecule has 2 atom stereocenters. The zero-order chi connectivity index (χ0) is 18.9. The second-order valence-corrected chi connectivity index (χ2v) is 6.26. The van der Waals surface area contributed by atoms with E-state index in [-0.39, 0.29) is 6.04 Å². The first-order valence-electron chi connectivity index (χ1n) is 8.18. The molecule has 0 saturated carbocycles. The Hall–Kier alpha value is -2.61. The second kappa shape index (κ2) is 6.95. The molecule has 0 fully saturated rings. The average molecular weight is 364 g/mol. The van der Waals surface area contributed by atoms with Gasteiger partial charge in [0.25, 0.3) is 0 Å². The fourth-order valence-electron chi connectivity index (χ4n) is 3.05. The zero-order valence-corrected chi connectivity index (χ0v) is 14.1. The molecule has 0 aliphatic rings. The summed E-state index contributed by atoms with van der Waals surface area (Å²) in [6.45, 7) is 1.67. The normalized spacial score (nSPS) is 14.5. The predicted molar refractivity (Wildman–Crippen MR) is 92.4 cm³/mol. The van der Waals surface area contributed by atoms with Gasteiger partial charge < -0.3 is 15.4 Å². The summed E-state index contributed by atoms with van der Waals surface area (Å²) in [7, 11) is 0. The molecule has 0 aliphatic carbocycles. The molecule has 26 heavy (non-hydrogen) atoms. The first kappa shape index (κ1) is 18.2. The highest BCUT2D eigenvalue weighted by atomic mass is 19.4. The summed E-state index contributed by atoms with van der Waals surface area (Å²) in [5.41, 5.74) is 6.57. The third-order valence-electron chi connectivity index (χ3n) is 4.46. The van der Waals surface area contributed by atoms with Gasteiger partial charge in [0.1, 0.15) is 17.8 Å². The highest BCUT2D eigenvalue weighted by molar-refractivity contribution is 5.86. The Morgan fingerprint density at radius 2 is 1.85 bits per heavy atom. The molecule has 138 valence electrons. The van der Waals surface area contributed by atoms with E-state index in [1.807, 2.05) is 4.57 Å². The first-order chi connectivity index (χ1) is 12.3. The predicted octanol–water partition coefficient (Wildman–Crippen LogP) is 3.59. The monoisotopic (exact) mass is 364 g/mol. The van der Waals surface area contributed by atoms with Crippen molar-refractivity contribution in [2.45, 2.75) is 38.1 Å². The summed E-state index contributed by atoms with van der Waals surface area (Å²) in [6.07, 6.45) is -0.797. The number of nitrogen functional groups attached to an aromatic ring is 1. The minimum Gasteiger partial charge on any atom is -0.391 e. The van der Waals surface area contributed by atoms with Crippen LogP contribution in [0.1, 0.15) is 30.5 Å². The van der Waals surface area contributed by atoms with Crippen LogP contribution in [0.2, 0.25) is 0 Å². The summed E-state index contributed by atoms with van der Waals surface area (Å²) >= 11 is 0. The Balaban J connectivity index is 1.80. The number of hydrogen-bond acceptors (Lipinski definition) is 4. The van der Waals surface area contributed by atoms with Gasteiger partial charge in [-0.25, -0.2) is 9.97 Å². The summed E-state index contributed by atoms with van der Waals surface area (Å²) in [6, 6.07) is 6.59. The Labute approximate surface area is 148 Å². The van der Waals surface area contributed by atoms with E-state index in [2.05, 4.69) is 9.97 Å². The molecule has 2 aromatic heterocycles. The van der Waals surface area contributed by atoms with Crippen molar-refractivity contribution in [2.24, 2.45) is 0 Å². The Bertz CT molecular complexity index is 888. The van der Waals surface area contributed by atoms with Crippen LogP contribution >= 0.6 is 0 Å². The molecular weight excluding hydrogens is 345 g/mol. The number of aliphatic hydroxyl groups excluding tert-OH is 1. The lowest BCUT2D eigenvalue weighted by Crippen LogP contribution is -2.22. The van der Waals surface area contributed by atoms with E-state index < -0.39 is 17.8 Å². The lowest BCUT2D eigenvalue weighted by Gasteiger charge is -2.22. The van der Waals surface area contributed by atoms with E-state index in [1.54, 1.807) is 19.2 Å². The third-order valence-corrected chi connectivity index (χ3v) is 4.46. The molecule has 1 aromatic carbocycles. The maximum Gasteiger partial charge on any atom is 0.416 e. The van der Waals surface area contributed by atoms with Gasteiger partial charge in [-0.15, -0.1) is 0 Å². The van der Waals surface area contributed by atoms with Gasteiger partial charge in [-0.3, -0.25) is 0 Å². The minimum atomic E-state index is -4.34. The van der Waals surface area contributed by atoms with E-state index in [0.29, 0.717) is 29.7 Å². The van der Waals surface area contributed by atoms with Crippen LogP contribution in [0, 0.1) is 0 Å². The molecular formula is C18H19F3N4O. The molecule has 3 aromatic rings. The molecule has 5 nitrogen and oxygen atoms in total. The number of halogens is 3. The van der Waals surface area contributed by atoms with Crippen molar-refractivity contribution in [3.63, 3.8) is 0 Å². The van der Waals surface area contributed by atoms with Crippen molar-refractivity contribution in [3.05, 3.63) is 54.0 Å². The van der Waals surface area contributed by atoms with Crippen molar-refractivity contribution in [2.75, 3.05) is 5.73 Å². The molecule has 3 rings (SSSR count). The van der Waals surface area contributed by atoms with Gasteiger partial charge >= 0.3 is 6.18 Å². The molecule has 0 saturated heterocycles. The van der Waals surface area contributed by atoms with Crippen LogP contribution in [-0.2, 0) is 12.6 Å². The number of aryl methyl sites for hydroxylation is 1. The van der Waals surface area contributed by atoms with E-state index in [0.717, 1.165) is 17.7 Å². The van der Waals surface area contributed by atoms with Crippen LogP contribution in [0.5, 0.6) is 0 Å². The van der Waals surface area contributed by atoms with Gasteiger partial charge in [-0.2, -0.15) is 13.2 Å². The van der Waals surface area contributed by atoms with E-state index >= 15 is 0 Å². The molecule has 2 heterocycles. The molecule has 0 bridgehead atoms. The third kappa shape index (κ3) is 3.65. The number of anilines is 1. The Kier molecular flexibility index (Phi) is 4.86. The average Bonchev–Trinajstić information content (AvgIpc) is 3.00. The van der Waals surface area contributed by atoms with Crippen molar-refractivity contribution in [3.8, 4) is 0 Å². The number of aromatic nitrogens is 3. The Morgan fingerprint density at radius 3 is 2.46 bits per heavy atom. The smallest absolute Gasteiger partial charge is 0.391 e. The van der Waals surface area contributed by atoms with Crippen molar-refractivity contribution >= 4 is 16.9 Å². The van der Waals surface area contributed by atoms with E-state index in [1.165, 1.54) is 18.5 Å². The van der Waals surface area contributed by atoms with Gasteiger partial charge in [-0.05, 0) is 43.5 Å². The van der Waals surface area contributed by atoms with Crippen LogP contribution in [0.3, 0.4) is 0 Å². The Morgan fingerprint density at radius 1 is 1.15 bits per heavy atom. The molecule has 0 amide bonds. The number of benzene rings is 1. The number of aliphatic hydroxyl groups is 1. The standard InChI is InChI=1S/C18H19F3N4O/c1-11(26)15(25-9-8-14-16(22)23-10-24-17(14)25)7-4-12-2-5-13(6-3-12)18(19,20)21/h2-3,5-6,8-11,15,26H,4,7H2,1H3,(H2,22,23,24)/t11-,15+/m0/s1. The van der Waals surface area contributed by atoms with Crippen molar-refractivity contribution in [1.82, 2.24) is 14.5 Å². The molecule has 3 N–H and O–H groups in total. The number of nitrogens with zero attached hydrogens (tertiary/aromatic N) is 3. The number of hydrogen-bond donors (Lipinski definition) is 2. The quantitative estimate of drug-likeness (QED) is 0.725. The maximum atomic E-state index is 12.6. The second-order valence-electron chi connectivity index (χ2n) is 6.26. The van der Waals surface area contributed by atoms with Gasteiger partial charge in [0.2, 0.25) is 0 Å². The summed E-state index contributed by atoms with van der Waals surface area (Å²) in [4.78, 5) is 8.18. The van der Waals surface area contributed by atoms with Gasteiger partial charge in [-0.1, -0.05) is 12.1 Å². The van der Waals surface area contributed by atoms with Crippen LogP contribution in [-0.4, -0.2) is 25.7 Å². The minimum absolute atomic E-state index is 0.288. The maximum absolute atomic E-state index is 12.6. The SMILES string of the molecule is C[C@H](O)[C@@H](CCc1ccc(C(F)(F)F)cc1)n1ccc2c(N)ncnc21. The fourth-order valence-corrected chi connectivity index (χ4v) is 3.05. The lowest BCUT2D eigenvalue weighted by molar-refractivity contribution is -0.137. The topological polar surface area (TPSA) is 77.0 Å². The molecule has 8 heteroatoms. The molecule has 0 aliphatic heterocycles. The van der Waals surface area contributed by atoms with Crippen LogP contribution in [0.25, 0.3) is 11.0 Å². The number of nitrogens with two attached hydrogens (primary N) is 1. The number of alkyl halides is 3. The molecule has 0 spiro atoms. The first-order valence-corrected chi connectivity index (χ1v) is 8.18. The summed E-state index contributed by atoms with van der Waals surface area (Å²) < 4.78 is 39.8. The number of fused-ring (bicyclic) bond motifs is 1.